The van der Waals surface area contributed by atoms with Crippen molar-refractivity contribution in [2.45, 2.75) is 37.6 Å². The van der Waals surface area contributed by atoms with Crippen molar-refractivity contribution < 1.29 is 22.7 Å². The summed E-state index contributed by atoms with van der Waals surface area (Å²) < 4.78 is 37.8. The van der Waals surface area contributed by atoms with Gasteiger partial charge < -0.3 is 14.8 Å². The van der Waals surface area contributed by atoms with Crippen LogP contribution in [0, 0.1) is 0 Å². The van der Waals surface area contributed by atoms with Crippen molar-refractivity contribution in [3.05, 3.63) is 29.8 Å². The zero-order chi connectivity index (χ0) is 19.9. The van der Waals surface area contributed by atoms with Gasteiger partial charge in [0.15, 0.2) is 0 Å². The zero-order valence-electron chi connectivity index (χ0n) is 16.1. The molecule has 1 fully saturated rings. The molecule has 0 aliphatic carbocycles. The first kappa shape index (κ1) is 21.4. The average Bonchev–Trinajstić information content (AvgIpc) is 2.70. The molecule has 1 heterocycles. The molecule has 8 heteroatoms. The van der Waals surface area contributed by atoms with Crippen LogP contribution in [0.3, 0.4) is 0 Å². The van der Waals surface area contributed by atoms with E-state index in [1.54, 1.807) is 18.2 Å². The zero-order valence-corrected chi connectivity index (χ0v) is 16.9. The lowest BCUT2D eigenvalue weighted by Gasteiger charge is -2.26. The fourth-order valence-electron chi connectivity index (χ4n) is 2.84. The van der Waals surface area contributed by atoms with Gasteiger partial charge in [0, 0.05) is 25.2 Å². The first-order valence-corrected chi connectivity index (χ1v) is 10.6. The molecule has 0 atom stereocenters. The third-order valence-electron chi connectivity index (χ3n) is 4.53. The molecular weight excluding hydrogens is 368 g/mol. The molecule has 1 saturated heterocycles. The van der Waals surface area contributed by atoms with Crippen molar-refractivity contribution in [2.24, 2.45) is 0 Å². The first-order valence-electron chi connectivity index (χ1n) is 9.16. The standard InChI is InChI=1S/C19H28N2O5S/c1-4-16(5-2)20-19(22)9-7-15-6-8-17(25-3)18(14-15)27(23,24)21-10-12-26-13-11-21/h6-9,14,16H,4-5,10-13H2,1-3H3,(H,20,22)/b9-7+. The number of hydrogen-bond donors (Lipinski definition) is 1. The van der Waals surface area contributed by atoms with Gasteiger partial charge in [-0.15, -0.1) is 0 Å². The summed E-state index contributed by atoms with van der Waals surface area (Å²) in [6, 6.07) is 4.99. The fourth-order valence-corrected chi connectivity index (χ4v) is 4.44. The largest absolute Gasteiger partial charge is 0.495 e. The second-order valence-electron chi connectivity index (χ2n) is 6.28. The predicted octanol–water partition coefficient (Wildman–Crippen LogP) is 2.03. The highest BCUT2D eigenvalue weighted by Crippen LogP contribution is 2.28. The summed E-state index contributed by atoms with van der Waals surface area (Å²) in [4.78, 5) is 12.1. The lowest BCUT2D eigenvalue weighted by Crippen LogP contribution is -2.40. The van der Waals surface area contributed by atoms with Gasteiger partial charge in [0.05, 0.1) is 20.3 Å². The van der Waals surface area contributed by atoms with Crippen LogP contribution >= 0.6 is 0 Å². The van der Waals surface area contributed by atoms with E-state index in [0.29, 0.717) is 31.9 Å². The lowest BCUT2D eigenvalue weighted by molar-refractivity contribution is -0.117. The molecule has 7 nitrogen and oxygen atoms in total. The third kappa shape index (κ3) is 5.54. The van der Waals surface area contributed by atoms with E-state index in [0.717, 1.165) is 12.8 Å². The average molecular weight is 397 g/mol. The maximum absolute atomic E-state index is 13.0. The van der Waals surface area contributed by atoms with Crippen molar-refractivity contribution in [3.63, 3.8) is 0 Å². The maximum Gasteiger partial charge on any atom is 0.246 e. The molecule has 0 spiro atoms. The van der Waals surface area contributed by atoms with E-state index in [9.17, 15) is 13.2 Å². The number of nitrogens with one attached hydrogen (secondary N) is 1. The lowest BCUT2D eigenvalue weighted by atomic mass is 10.1. The Hall–Kier alpha value is -1.90. The van der Waals surface area contributed by atoms with Gasteiger partial charge in [0.1, 0.15) is 10.6 Å². The summed E-state index contributed by atoms with van der Waals surface area (Å²) in [5, 5.41) is 2.91. The van der Waals surface area contributed by atoms with Crippen molar-refractivity contribution >= 4 is 22.0 Å². The SMILES string of the molecule is CCC(CC)NC(=O)/C=C/c1ccc(OC)c(S(=O)(=O)N2CCOCC2)c1. The molecule has 27 heavy (non-hydrogen) atoms. The van der Waals surface area contributed by atoms with Gasteiger partial charge in [-0.3, -0.25) is 4.79 Å². The van der Waals surface area contributed by atoms with Gasteiger partial charge in [-0.2, -0.15) is 4.31 Å². The van der Waals surface area contributed by atoms with Crippen LogP contribution in [-0.4, -0.2) is 58.1 Å². The maximum atomic E-state index is 13.0. The van der Waals surface area contributed by atoms with Gasteiger partial charge in [-0.25, -0.2) is 8.42 Å². The van der Waals surface area contributed by atoms with Crippen LogP contribution in [0.15, 0.2) is 29.2 Å². The molecule has 1 aliphatic rings. The van der Waals surface area contributed by atoms with Crippen molar-refractivity contribution in [2.75, 3.05) is 33.4 Å². The Morgan fingerprint density at radius 1 is 1.30 bits per heavy atom. The minimum atomic E-state index is -3.70. The minimum absolute atomic E-state index is 0.0921. The summed E-state index contributed by atoms with van der Waals surface area (Å²) in [5.41, 5.74) is 0.613. The Morgan fingerprint density at radius 2 is 1.96 bits per heavy atom. The summed E-state index contributed by atoms with van der Waals surface area (Å²) in [7, 11) is -2.26. The molecule has 1 amide bonds. The molecular formula is C19H28N2O5S. The van der Waals surface area contributed by atoms with Crippen LogP contribution in [0.2, 0.25) is 0 Å². The van der Waals surface area contributed by atoms with E-state index in [1.165, 1.54) is 23.6 Å². The van der Waals surface area contributed by atoms with Gasteiger partial charge in [-0.05, 0) is 36.6 Å². The van der Waals surface area contributed by atoms with Gasteiger partial charge in [0.2, 0.25) is 15.9 Å². The van der Waals surface area contributed by atoms with E-state index in [1.807, 2.05) is 13.8 Å². The topological polar surface area (TPSA) is 84.9 Å². The highest BCUT2D eigenvalue weighted by atomic mass is 32.2. The molecule has 1 aromatic rings. The molecule has 1 aliphatic heterocycles. The van der Waals surface area contributed by atoms with Crippen LogP contribution in [0.25, 0.3) is 6.08 Å². The number of methoxy groups -OCH3 is 1. The molecule has 0 bridgehead atoms. The number of carbonyl (C=O) groups is 1. The summed E-state index contributed by atoms with van der Waals surface area (Å²) >= 11 is 0. The Morgan fingerprint density at radius 3 is 2.56 bits per heavy atom. The van der Waals surface area contributed by atoms with Gasteiger partial charge >= 0.3 is 0 Å². The summed E-state index contributed by atoms with van der Waals surface area (Å²) in [6.07, 6.45) is 4.75. The molecule has 1 N–H and O–H groups in total. The second-order valence-corrected chi connectivity index (χ2v) is 8.19. The number of rotatable bonds is 8. The van der Waals surface area contributed by atoms with Crippen LogP contribution in [0.1, 0.15) is 32.3 Å². The van der Waals surface area contributed by atoms with Crippen LogP contribution in [0.5, 0.6) is 5.75 Å². The molecule has 1 aromatic carbocycles. The number of carbonyl (C=O) groups excluding carboxylic acids is 1. The summed E-state index contributed by atoms with van der Waals surface area (Å²) in [5.74, 6) is 0.0808. The number of nitrogens with zero attached hydrogens (tertiary/aromatic N) is 1. The number of benzene rings is 1. The van der Waals surface area contributed by atoms with Crippen molar-refractivity contribution in [3.8, 4) is 5.75 Å². The number of ether oxygens (including phenoxy) is 2. The van der Waals surface area contributed by atoms with E-state index >= 15 is 0 Å². The van der Waals surface area contributed by atoms with E-state index in [-0.39, 0.29) is 22.6 Å². The smallest absolute Gasteiger partial charge is 0.246 e. The summed E-state index contributed by atoms with van der Waals surface area (Å²) in [6.45, 7) is 5.40. The molecule has 0 saturated carbocycles. The molecule has 0 unspecified atom stereocenters. The van der Waals surface area contributed by atoms with Crippen molar-refractivity contribution in [1.29, 1.82) is 0 Å². The number of morpholine rings is 1. The highest BCUT2D eigenvalue weighted by molar-refractivity contribution is 7.89. The Labute approximate surface area is 161 Å². The highest BCUT2D eigenvalue weighted by Gasteiger charge is 2.29. The fraction of sp³-hybridized carbons (Fsp3) is 0.526. The molecule has 0 aromatic heterocycles. The Bertz CT molecular complexity index is 766. The second kappa shape index (κ2) is 9.87. The van der Waals surface area contributed by atoms with Crippen LogP contribution < -0.4 is 10.1 Å². The number of hydrogen-bond acceptors (Lipinski definition) is 5. The van der Waals surface area contributed by atoms with E-state index in [2.05, 4.69) is 5.32 Å². The van der Waals surface area contributed by atoms with Crippen molar-refractivity contribution in [1.82, 2.24) is 9.62 Å². The van der Waals surface area contributed by atoms with E-state index in [4.69, 9.17) is 9.47 Å². The molecule has 150 valence electrons. The first-order chi connectivity index (χ1) is 12.9. The molecule has 2 rings (SSSR count). The quantitative estimate of drug-likeness (QED) is 0.680. The predicted molar refractivity (Wildman–Crippen MR) is 104 cm³/mol. The third-order valence-corrected chi connectivity index (χ3v) is 6.45. The number of sulfonamides is 1. The number of amides is 1. The minimum Gasteiger partial charge on any atom is -0.495 e. The van der Waals surface area contributed by atoms with Gasteiger partial charge in [0.25, 0.3) is 0 Å². The Balaban J connectivity index is 2.24. The van der Waals surface area contributed by atoms with Crippen LogP contribution in [0.4, 0.5) is 0 Å². The monoisotopic (exact) mass is 396 g/mol. The van der Waals surface area contributed by atoms with E-state index < -0.39 is 10.0 Å². The Kier molecular flexibility index (Phi) is 7.82. The van der Waals surface area contributed by atoms with Crippen LogP contribution in [-0.2, 0) is 19.6 Å². The van der Waals surface area contributed by atoms with Gasteiger partial charge in [-0.1, -0.05) is 19.9 Å². The normalized spacial score (nSPS) is 16.0. The molecule has 0 radical (unpaired) electrons.